The number of nitrogens with zero attached hydrogens (tertiary/aromatic N) is 5. The molecule has 1 aromatic carbocycles. The monoisotopic (exact) mass is 323 g/mol. The van der Waals surface area contributed by atoms with Crippen LogP contribution in [0.3, 0.4) is 0 Å². The van der Waals surface area contributed by atoms with Crippen molar-refractivity contribution in [1.82, 2.24) is 24.7 Å². The normalized spacial score (nSPS) is 11.0. The minimum atomic E-state index is 0.184. The van der Waals surface area contributed by atoms with Crippen LogP contribution in [-0.2, 0) is 0 Å². The van der Waals surface area contributed by atoms with E-state index in [-0.39, 0.29) is 5.95 Å². The largest absolute Gasteiger partial charge is 0.366 e. The number of nitrogen functional groups attached to an aromatic ring is 1. The van der Waals surface area contributed by atoms with Crippen LogP contribution in [0.2, 0.25) is 0 Å². The molecular formula is C15H13N7S. The molecule has 23 heavy (non-hydrogen) atoms. The smallest absolute Gasteiger partial charge is 0.241 e. The molecule has 0 saturated heterocycles. The summed E-state index contributed by atoms with van der Waals surface area (Å²) < 4.78 is 2.56. The van der Waals surface area contributed by atoms with Crippen molar-refractivity contribution in [1.29, 1.82) is 0 Å². The van der Waals surface area contributed by atoms with Gasteiger partial charge in [0.1, 0.15) is 6.33 Å². The van der Waals surface area contributed by atoms with E-state index in [0.717, 1.165) is 20.8 Å². The van der Waals surface area contributed by atoms with Crippen molar-refractivity contribution in [2.24, 2.45) is 0 Å². The van der Waals surface area contributed by atoms with Crippen LogP contribution in [0.1, 0.15) is 4.88 Å². The minimum Gasteiger partial charge on any atom is -0.366 e. The van der Waals surface area contributed by atoms with Crippen LogP contribution in [0.15, 0.2) is 42.7 Å². The Balaban J connectivity index is 1.85. The predicted molar refractivity (Wildman–Crippen MR) is 91.2 cm³/mol. The molecule has 0 saturated carbocycles. The van der Waals surface area contributed by atoms with E-state index in [1.54, 1.807) is 16.0 Å². The van der Waals surface area contributed by atoms with E-state index in [1.165, 1.54) is 6.33 Å². The molecule has 0 spiro atoms. The number of aryl methyl sites for hydroxylation is 1. The average molecular weight is 323 g/mol. The van der Waals surface area contributed by atoms with Crippen LogP contribution in [-0.4, -0.2) is 24.7 Å². The van der Waals surface area contributed by atoms with Crippen molar-refractivity contribution in [2.75, 3.05) is 11.1 Å². The molecule has 0 aliphatic rings. The number of hydrogen-bond donors (Lipinski definition) is 2. The average Bonchev–Trinajstić information content (AvgIpc) is 3.09. The van der Waals surface area contributed by atoms with E-state index in [1.807, 2.05) is 43.3 Å². The zero-order valence-electron chi connectivity index (χ0n) is 12.3. The number of para-hydroxylation sites is 1. The molecule has 4 rings (SSSR count). The number of nitrogens with one attached hydrogen (secondary N) is 1. The van der Waals surface area contributed by atoms with Crippen molar-refractivity contribution in [2.45, 2.75) is 6.92 Å². The Morgan fingerprint density at radius 3 is 2.83 bits per heavy atom. The van der Waals surface area contributed by atoms with Gasteiger partial charge in [0.05, 0.1) is 10.2 Å². The third-order valence-electron chi connectivity index (χ3n) is 3.27. The maximum atomic E-state index is 5.80. The van der Waals surface area contributed by atoms with Crippen molar-refractivity contribution < 1.29 is 0 Å². The van der Waals surface area contributed by atoms with Crippen LogP contribution >= 0.6 is 11.3 Å². The molecule has 0 radical (unpaired) electrons. The molecule has 0 fully saturated rings. The number of rotatable bonds is 3. The molecule has 0 aliphatic heterocycles. The SMILES string of the molecule is Cc1cc2ncnc(-n3nc(N)nc3Nc3ccccc3)c2s1. The number of aromatic nitrogens is 5. The van der Waals surface area contributed by atoms with Gasteiger partial charge in [-0.3, -0.25) is 0 Å². The molecular weight excluding hydrogens is 310 g/mol. The van der Waals surface area contributed by atoms with Gasteiger partial charge >= 0.3 is 0 Å². The highest BCUT2D eigenvalue weighted by Crippen LogP contribution is 2.29. The second-order valence-electron chi connectivity index (χ2n) is 4.97. The molecule has 0 bridgehead atoms. The van der Waals surface area contributed by atoms with Crippen LogP contribution in [0.25, 0.3) is 16.0 Å². The Morgan fingerprint density at radius 2 is 2.00 bits per heavy atom. The zero-order valence-corrected chi connectivity index (χ0v) is 13.1. The summed E-state index contributed by atoms with van der Waals surface area (Å²) in [6.45, 7) is 2.04. The third-order valence-corrected chi connectivity index (χ3v) is 4.31. The van der Waals surface area contributed by atoms with Gasteiger partial charge in [-0.05, 0) is 25.1 Å². The molecule has 0 atom stereocenters. The summed E-state index contributed by atoms with van der Waals surface area (Å²) in [6.07, 6.45) is 1.52. The van der Waals surface area contributed by atoms with Gasteiger partial charge in [0.15, 0.2) is 5.82 Å². The number of nitrogens with two attached hydrogens (primary N) is 1. The standard InChI is InChI=1S/C15H13N7S/c1-9-7-11-12(23-9)13(18-8-17-11)22-15(20-14(16)21-22)19-10-5-3-2-4-6-10/h2-8H,1H3,(H3,16,19,20,21). The van der Waals surface area contributed by atoms with Gasteiger partial charge < -0.3 is 11.1 Å². The third kappa shape index (κ3) is 2.49. The maximum Gasteiger partial charge on any atom is 0.241 e. The summed E-state index contributed by atoms with van der Waals surface area (Å²) >= 11 is 1.62. The van der Waals surface area contributed by atoms with E-state index in [0.29, 0.717) is 11.8 Å². The first-order valence-electron chi connectivity index (χ1n) is 6.97. The highest BCUT2D eigenvalue weighted by Gasteiger charge is 2.16. The molecule has 0 amide bonds. The molecule has 0 unspecified atom stereocenters. The highest BCUT2D eigenvalue weighted by molar-refractivity contribution is 7.19. The Bertz CT molecular complexity index is 974. The molecule has 0 aliphatic carbocycles. The van der Waals surface area contributed by atoms with Gasteiger partial charge in [-0.2, -0.15) is 9.67 Å². The van der Waals surface area contributed by atoms with Crippen molar-refractivity contribution >= 4 is 39.1 Å². The lowest BCUT2D eigenvalue weighted by Crippen LogP contribution is -2.05. The quantitative estimate of drug-likeness (QED) is 0.602. The summed E-state index contributed by atoms with van der Waals surface area (Å²) in [5.41, 5.74) is 7.58. The second-order valence-corrected chi connectivity index (χ2v) is 6.22. The number of benzene rings is 1. The highest BCUT2D eigenvalue weighted by atomic mass is 32.1. The van der Waals surface area contributed by atoms with Crippen LogP contribution in [0.4, 0.5) is 17.6 Å². The van der Waals surface area contributed by atoms with Crippen LogP contribution in [0, 0.1) is 6.92 Å². The lowest BCUT2D eigenvalue weighted by Gasteiger charge is -2.07. The number of fused-ring (bicyclic) bond motifs is 1. The summed E-state index contributed by atoms with van der Waals surface area (Å²) in [5, 5.41) is 7.49. The summed E-state index contributed by atoms with van der Waals surface area (Å²) in [7, 11) is 0. The van der Waals surface area contributed by atoms with Gasteiger partial charge in [0.25, 0.3) is 0 Å². The van der Waals surface area contributed by atoms with E-state index >= 15 is 0 Å². The molecule has 3 N–H and O–H groups in total. The van der Waals surface area contributed by atoms with E-state index in [2.05, 4.69) is 25.4 Å². The predicted octanol–water partition coefficient (Wildman–Crippen LogP) is 2.91. The molecule has 7 nitrogen and oxygen atoms in total. The fraction of sp³-hybridized carbons (Fsp3) is 0.0667. The Labute approximate surface area is 135 Å². The van der Waals surface area contributed by atoms with Gasteiger partial charge in [0, 0.05) is 10.6 Å². The molecule has 3 heterocycles. The lowest BCUT2D eigenvalue weighted by atomic mass is 10.3. The summed E-state index contributed by atoms with van der Waals surface area (Å²) in [5.74, 6) is 1.36. The summed E-state index contributed by atoms with van der Waals surface area (Å²) in [4.78, 5) is 14.1. The maximum absolute atomic E-state index is 5.80. The topological polar surface area (TPSA) is 94.5 Å². The molecule has 4 aromatic rings. The lowest BCUT2D eigenvalue weighted by molar-refractivity contribution is 0.863. The van der Waals surface area contributed by atoms with Gasteiger partial charge in [-0.15, -0.1) is 16.4 Å². The van der Waals surface area contributed by atoms with Gasteiger partial charge in [-0.1, -0.05) is 18.2 Å². The number of hydrogen-bond acceptors (Lipinski definition) is 7. The zero-order chi connectivity index (χ0) is 15.8. The van der Waals surface area contributed by atoms with Gasteiger partial charge in [0.2, 0.25) is 11.9 Å². The molecule has 8 heteroatoms. The van der Waals surface area contributed by atoms with Crippen LogP contribution in [0.5, 0.6) is 0 Å². The van der Waals surface area contributed by atoms with Crippen molar-refractivity contribution in [3.8, 4) is 5.82 Å². The fourth-order valence-electron chi connectivity index (χ4n) is 2.32. The Hall–Kier alpha value is -3.00. The number of anilines is 3. The first-order chi connectivity index (χ1) is 11.2. The second kappa shape index (κ2) is 5.33. The van der Waals surface area contributed by atoms with Crippen molar-refractivity contribution in [3.05, 3.63) is 47.6 Å². The Kier molecular flexibility index (Phi) is 3.16. The van der Waals surface area contributed by atoms with E-state index < -0.39 is 0 Å². The van der Waals surface area contributed by atoms with E-state index in [4.69, 9.17) is 5.73 Å². The fourth-order valence-corrected chi connectivity index (χ4v) is 3.26. The first kappa shape index (κ1) is 13.6. The number of thiophene rings is 1. The van der Waals surface area contributed by atoms with Crippen LogP contribution < -0.4 is 11.1 Å². The molecule has 3 aromatic heterocycles. The first-order valence-corrected chi connectivity index (χ1v) is 7.78. The Morgan fingerprint density at radius 1 is 1.17 bits per heavy atom. The van der Waals surface area contributed by atoms with E-state index in [9.17, 15) is 0 Å². The van der Waals surface area contributed by atoms with Gasteiger partial charge in [-0.25, -0.2) is 9.97 Å². The minimum absolute atomic E-state index is 0.184. The summed E-state index contributed by atoms with van der Waals surface area (Å²) in [6, 6.07) is 11.7. The van der Waals surface area contributed by atoms with Crippen molar-refractivity contribution in [3.63, 3.8) is 0 Å². The molecule has 114 valence electrons.